The van der Waals surface area contributed by atoms with E-state index in [9.17, 15) is 4.79 Å². The van der Waals surface area contributed by atoms with Gasteiger partial charge in [-0.25, -0.2) is 0 Å². The molecule has 72 valence electrons. The van der Waals surface area contributed by atoms with Crippen LogP contribution >= 0.6 is 0 Å². The van der Waals surface area contributed by atoms with Crippen LogP contribution in [0.3, 0.4) is 0 Å². The van der Waals surface area contributed by atoms with E-state index >= 15 is 0 Å². The van der Waals surface area contributed by atoms with Gasteiger partial charge in [0.05, 0.1) is 0 Å². The second-order valence-corrected chi connectivity index (χ2v) is 3.44. The lowest BCUT2D eigenvalue weighted by molar-refractivity contribution is 0.0787. The summed E-state index contributed by atoms with van der Waals surface area (Å²) in [6.07, 6.45) is 1.77. The number of hydrogen-bond acceptors (Lipinski definition) is 1. The van der Waals surface area contributed by atoms with Crippen molar-refractivity contribution in [2.45, 2.75) is 13.5 Å². The Balaban J connectivity index is 2.44. The molecule has 0 saturated heterocycles. The molecular formula is C12H13NO. The quantitative estimate of drug-likeness (QED) is 0.695. The number of nitrogens with zero attached hydrogens (tertiary/aromatic N) is 1. The molecule has 1 aromatic carbocycles. The van der Waals surface area contributed by atoms with Crippen molar-refractivity contribution in [1.82, 2.24) is 4.90 Å². The van der Waals surface area contributed by atoms with Gasteiger partial charge in [-0.3, -0.25) is 4.79 Å². The van der Waals surface area contributed by atoms with Gasteiger partial charge in [0.2, 0.25) is 0 Å². The SMILES string of the molecule is C=Cc1ccc2c(c1)C(=O)N(CC)C2. The Morgan fingerprint density at radius 3 is 3.00 bits per heavy atom. The molecule has 1 aliphatic heterocycles. The topological polar surface area (TPSA) is 20.3 Å². The van der Waals surface area contributed by atoms with Crippen molar-refractivity contribution in [3.05, 3.63) is 41.5 Å². The fourth-order valence-corrected chi connectivity index (χ4v) is 1.76. The predicted octanol–water partition coefficient (Wildman–Crippen LogP) is 2.31. The van der Waals surface area contributed by atoms with Gasteiger partial charge < -0.3 is 4.90 Å². The largest absolute Gasteiger partial charge is 0.335 e. The average Bonchev–Trinajstić information content (AvgIpc) is 2.55. The zero-order chi connectivity index (χ0) is 10.1. The first-order valence-corrected chi connectivity index (χ1v) is 4.81. The Kier molecular flexibility index (Phi) is 2.12. The number of rotatable bonds is 2. The molecule has 1 heterocycles. The van der Waals surface area contributed by atoms with E-state index in [0.717, 1.165) is 29.8 Å². The van der Waals surface area contributed by atoms with Crippen molar-refractivity contribution in [1.29, 1.82) is 0 Å². The zero-order valence-electron chi connectivity index (χ0n) is 8.29. The maximum absolute atomic E-state index is 11.8. The first kappa shape index (κ1) is 9.00. The summed E-state index contributed by atoms with van der Waals surface area (Å²) in [4.78, 5) is 13.6. The summed E-state index contributed by atoms with van der Waals surface area (Å²) >= 11 is 0. The Morgan fingerprint density at radius 2 is 2.36 bits per heavy atom. The van der Waals surface area contributed by atoms with Crippen molar-refractivity contribution >= 4 is 12.0 Å². The van der Waals surface area contributed by atoms with Gasteiger partial charge in [-0.15, -0.1) is 0 Å². The van der Waals surface area contributed by atoms with Crippen molar-refractivity contribution in [2.24, 2.45) is 0 Å². The van der Waals surface area contributed by atoms with Crippen molar-refractivity contribution in [2.75, 3.05) is 6.54 Å². The Bertz CT molecular complexity index is 395. The molecule has 0 unspecified atom stereocenters. The molecule has 0 spiro atoms. The first-order chi connectivity index (χ1) is 6.76. The third-order valence-electron chi connectivity index (χ3n) is 2.63. The maximum atomic E-state index is 11.8. The zero-order valence-corrected chi connectivity index (χ0v) is 8.29. The number of carbonyl (C=O) groups excluding carboxylic acids is 1. The molecule has 1 amide bonds. The third-order valence-corrected chi connectivity index (χ3v) is 2.63. The molecule has 2 rings (SSSR count). The molecule has 1 aromatic rings. The summed E-state index contributed by atoms with van der Waals surface area (Å²) < 4.78 is 0. The molecule has 14 heavy (non-hydrogen) atoms. The molecule has 0 aliphatic carbocycles. The normalized spacial score (nSPS) is 14.4. The predicted molar refractivity (Wildman–Crippen MR) is 56.9 cm³/mol. The molecule has 2 nitrogen and oxygen atoms in total. The number of fused-ring (bicyclic) bond motifs is 1. The van der Waals surface area contributed by atoms with Crippen LogP contribution in [0.2, 0.25) is 0 Å². The first-order valence-electron chi connectivity index (χ1n) is 4.81. The molecule has 0 radical (unpaired) electrons. The minimum Gasteiger partial charge on any atom is -0.335 e. The van der Waals surface area contributed by atoms with Crippen LogP contribution in [0.15, 0.2) is 24.8 Å². The summed E-state index contributed by atoms with van der Waals surface area (Å²) in [5.74, 6) is 0.145. The van der Waals surface area contributed by atoms with Gasteiger partial charge in [-0.2, -0.15) is 0 Å². The highest BCUT2D eigenvalue weighted by Gasteiger charge is 2.25. The summed E-state index contributed by atoms with van der Waals surface area (Å²) in [6.45, 7) is 7.22. The molecule has 0 fully saturated rings. The van der Waals surface area contributed by atoms with Crippen LogP contribution in [0.25, 0.3) is 6.08 Å². The van der Waals surface area contributed by atoms with Crippen LogP contribution in [-0.2, 0) is 6.54 Å². The minimum atomic E-state index is 0.145. The third kappa shape index (κ3) is 1.23. The van der Waals surface area contributed by atoms with Gasteiger partial charge in [0.1, 0.15) is 0 Å². The van der Waals surface area contributed by atoms with Crippen LogP contribution in [0.1, 0.15) is 28.4 Å². The lowest BCUT2D eigenvalue weighted by atomic mass is 10.1. The van der Waals surface area contributed by atoms with E-state index in [2.05, 4.69) is 6.58 Å². The molecule has 0 N–H and O–H groups in total. The van der Waals surface area contributed by atoms with Crippen LogP contribution in [-0.4, -0.2) is 17.4 Å². The van der Waals surface area contributed by atoms with Crippen molar-refractivity contribution in [3.8, 4) is 0 Å². The van der Waals surface area contributed by atoms with Crippen LogP contribution < -0.4 is 0 Å². The maximum Gasteiger partial charge on any atom is 0.254 e. The molecule has 1 aliphatic rings. The van der Waals surface area contributed by atoms with Crippen molar-refractivity contribution in [3.63, 3.8) is 0 Å². The number of benzene rings is 1. The summed E-state index contributed by atoms with van der Waals surface area (Å²) in [5.41, 5.74) is 2.97. The number of hydrogen-bond donors (Lipinski definition) is 0. The van der Waals surface area contributed by atoms with E-state index in [1.54, 1.807) is 6.08 Å². The van der Waals surface area contributed by atoms with Crippen LogP contribution in [0, 0.1) is 0 Å². The lowest BCUT2D eigenvalue weighted by Crippen LogP contribution is -2.22. The molecule has 2 heteroatoms. The highest BCUT2D eigenvalue weighted by molar-refractivity contribution is 5.98. The van der Waals surface area contributed by atoms with E-state index in [1.807, 2.05) is 30.0 Å². The highest BCUT2D eigenvalue weighted by atomic mass is 16.2. The number of carbonyl (C=O) groups is 1. The fourth-order valence-electron chi connectivity index (χ4n) is 1.76. The van der Waals surface area contributed by atoms with E-state index < -0.39 is 0 Å². The minimum absolute atomic E-state index is 0.145. The van der Waals surface area contributed by atoms with Gasteiger partial charge in [-0.1, -0.05) is 24.8 Å². The smallest absolute Gasteiger partial charge is 0.254 e. The summed E-state index contributed by atoms with van der Waals surface area (Å²) in [6, 6.07) is 5.93. The summed E-state index contributed by atoms with van der Waals surface area (Å²) in [5, 5.41) is 0. The Hall–Kier alpha value is -1.57. The monoisotopic (exact) mass is 187 g/mol. The Labute approximate surface area is 83.8 Å². The van der Waals surface area contributed by atoms with Gasteiger partial charge in [0.15, 0.2) is 0 Å². The lowest BCUT2D eigenvalue weighted by Gasteiger charge is -2.10. The van der Waals surface area contributed by atoms with E-state index in [1.165, 1.54) is 0 Å². The van der Waals surface area contributed by atoms with E-state index in [4.69, 9.17) is 0 Å². The van der Waals surface area contributed by atoms with E-state index in [0.29, 0.717) is 0 Å². The molecular weight excluding hydrogens is 174 g/mol. The van der Waals surface area contributed by atoms with Gasteiger partial charge in [0, 0.05) is 18.7 Å². The second kappa shape index (κ2) is 3.29. The summed E-state index contributed by atoms with van der Waals surface area (Å²) in [7, 11) is 0. The van der Waals surface area contributed by atoms with Crippen LogP contribution in [0.4, 0.5) is 0 Å². The van der Waals surface area contributed by atoms with Gasteiger partial charge in [-0.05, 0) is 24.1 Å². The molecule has 0 atom stereocenters. The van der Waals surface area contributed by atoms with Crippen molar-refractivity contribution < 1.29 is 4.79 Å². The van der Waals surface area contributed by atoms with Gasteiger partial charge >= 0.3 is 0 Å². The fraction of sp³-hybridized carbons (Fsp3) is 0.250. The number of amides is 1. The molecule has 0 saturated carbocycles. The average molecular weight is 187 g/mol. The van der Waals surface area contributed by atoms with Crippen LogP contribution in [0.5, 0.6) is 0 Å². The van der Waals surface area contributed by atoms with E-state index in [-0.39, 0.29) is 5.91 Å². The van der Waals surface area contributed by atoms with Gasteiger partial charge in [0.25, 0.3) is 5.91 Å². The molecule has 0 bridgehead atoms. The highest BCUT2D eigenvalue weighted by Crippen LogP contribution is 2.23. The Morgan fingerprint density at radius 1 is 1.57 bits per heavy atom. The second-order valence-electron chi connectivity index (χ2n) is 3.44. The molecule has 0 aromatic heterocycles. The standard InChI is InChI=1S/C12H13NO/c1-3-9-5-6-10-8-13(4-2)12(14)11(10)7-9/h3,5-7H,1,4,8H2,2H3.